The summed E-state index contributed by atoms with van der Waals surface area (Å²) in [4.78, 5) is 0. The molecule has 0 saturated carbocycles. The standard InChI is InChI=1S/C10H11BrO2/c11-8-2-4-10-7(5-8)1-3-9(6-12)13-10/h2,4-5,9,12H,1,3,6H2. The summed E-state index contributed by atoms with van der Waals surface area (Å²) in [5.41, 5.74) is 1.22. The van der Waals surface area contributed by atoms with Gasteiger partial charge in [-0.25, -0.2) is 0 Å². The van der Waals surface area contributed by atoms with Crippen LogP contribution in [-0.2, 0) is 6.42 Å². The Labute approximate surface area is 85.7 Å². The maximum absolute atomic E-state index is 8.94. The van der Waals surface area contributed by atoms with E-state index in [9.17, 15) is 0 Å². The van der Waals surface area contributed by atoms with Crippen LogP contribution in [0.15, 0.2) is 22.7 Å². The lowest BCUT2D eigenvalue weighted by Crippen LogP contribution is -2.25. The van der Waals surface area contributed by atoms with Crippen molar-refractivity contribution >= 4 is 15.9 Å². The van der Waals surface area contributed by atoms with E-state index in [0.29, 0.717) is 0 Å². The minimum absolute atomic E-state index is 0.0197. The topological polar surface area (TPSA) is 29.5 Å². The SMILES string of the molecule is OCC1CCc2cc(Br)ccc2O1. The molecule has 2 rings (SSSR count). The van der Waals surface area contributed by atoms with Crippen LogP contribution in [0.4, 0.5) is 0 Å². The van der Waals surface area contributed by atoms with Gasteiger partial charge in [-0.2, -0.15) is 0 Å². The van der Waals surface area contributed by atoms with Gasteiger partial charge in [0, 0.05) is 4.47 Å². The molecule has 1 atom stereocenters. The number of aliphatic hydroxyl groups is 1. The van der Waals surface area contributed by atoms with E-state index in [4.69, 9.17) is 9.84 Å². The zero-order chi connectivity index (χ0) is 9.26. The first-order valence-electron chi connectivity index (χ1n) is 4.35. The summed E-state index contributed by atoms with van der Waals surface area (Å²) in [7, 11) is 0. The van der Waals surface area contributed by atoms with E-state index >= 15 is 0 Å². The highest BCUT2D eigenvalue weighted by molar-refractivity contribution is 9.10. The molecule has 13 heavy (non-hydrogen) atoms. The summed E-state index contributed by atoms with van der Waals surface area (Å²) >= 11 is 3.42. The third kappa shape index (κ3) is 1.86. The zero-order valence-corrected chi connectivity index (χ0v) is 8.75. The molecule has 1 N–H and O–H groups in total. The van der Waals surface area contributed by atoms with Gasteiger partial charge in [0.05, 0.1) is 6.61 Å². The van der Waals surface area contributed by atoms with E-state index in [0.717, 1.165) is 23.1 Å². The van der Waals surface area contributed by atoms with E-state index in [1.807, 2.05) is 12.1 Å². The molecule has 0 fully saturated rings. The van der Waals surface area contributed by atoms with Crippen molar-refractivity contribution < 1.29 is 9.84 Å². The Balaban J connectivity index is 2.26. The average Bonchev–Trinajstić information content (AvgIpc) is 2.17. The number of aryl methyl sites for hydroxylation is 1. The van der Waals surface area contributed by atoms with Gasteiger partial charge in [-0.15, -0.1) is 0 Å². The maximum Gasteiger partial charge on any atom is 0.123 e. The molecule has 1 aromatic rings. The summed E-state index contributed by atoms with van der Waals surface area (Å²) < 4.78 is 6.65. The van der Waals surface area contributed by atoms with Crippen LogP contribution in [0.5, 0.6) is 5.75 Å². The van der Waals surface area contributed by atoms with Crippen LogP contribution in [0, 0.1) is 0 Å². The molecule has 0 bridgehead atoms. The number of ether oxygens (including phenoxy) is 1. The van der Waals surface area contributed by atoms with E-state index in [1.165, 1.54) is 5.56 Å². The Bertz CT molecular complexity index is 312. The van der Waals surface area contributed by atoms with Crippen LogP contribution < -0.4 is 4.74 Å². The van der Waals surface area contributed by atoms with Crippen LogP contribution in [0.1, 0.15) is 12.0 Å². The minimum atomic E-state index is -0.0197. The van der Waals surface area contributed by atoms with Gasteiger partial charge in [0.2, 0.25) is 0 Å². The van der Waals surface area contributed by atoms with Crippen molar-refractivity contribution in [2.24, 2.45) is 0 Å². The second-order valence-corrected chi connectivity index (χ2v) is 4.13. The molecular weight excluding hydrogens is 232 g/mol. The number of hydrogen-bond donors (Lipinski definition) is 1. The molecule has 70 valence electrons. The molecule has 1 heterocycles. The molecule has 1 aromatic carbocycles. The van der Waals surface area contributed by atoms with Crippen molar-refractivity contribution in [3.05, 3.63) is 28.2 Å². The summed E-state index contributed by atoms with van der Waals surface area (Å²) in [6, 6.07) is 5.97. The molecule has 0 radical (unpaired) electrons. The lowest BCUT2D eigenvalue weighted by molar-refractivity contribution is 0.0978. The van der Waals surface area contributed by atoms with Gasteiger partial charge < -0.3 is 9.84 Å². The molecular formula is C10H11BrO2. The van der Waals surface area contributed by atoms with E-state index in [2.05, 4.69) is 22.0 Å². The third-order valence-corrected chi connectivity index (χ3v) is 2.75. The van der Waals surface area contributed by atoms with Crippen LogP contribution >= 0.6 is 15.9 Å². The summed E-state index contributed by atoms with van der Waals surface area (Å²) in [5, 5.41) is 8.94. The fourth-order valence-electron chi connectivity index (χ4n) is 1.54. The zero-order valence-electron chi connectivity index (χ0n) is 7.16. The van der Waals surface area contributed by atoms with Gasteiger partial charge in [0.25, 0.3) is 0 Å². The predicted molar refractivity (Wildman–Crippen MR) is 54.0 cm³/mol. The first-order chi connectivity index (χ1) is 6.29. The quantitative estimate of drug-likeness (QED) is 0.818. The van der Waals surface area contributed by atoms with E-state index in [-0.39, 0.29) is 12.7 Å². The average molecular weight is 243 g/mol. The van der Waals surface area contributed by atoms with Crippen molar-refractivity contribution in [3.8, 4) is 5.75 Å². The Morgan fingerprint density at radius 2 is 2.38 bits per heavy atom. The number of rotatable bonds is 1. The molecule has 3 heteroatoms. The third-order valence-electron chi connectivity index (χ3n) is 2.26. The van der Waals surface area contributed by atoms with Crippen LogP contribution in [0.25, 0.3) is 0 Å². The Morgan fingerprint density at radius 3 is 3.15 bits per heavy atom. The lowest BCUT2D eigenvalue weighted by Gasteiger charge is -2.24. The van der Waals surface area contributed by atoms with Crippen LogP contribution in [0.2, 0.25) is 0 Å². The Morgan fingerprint density at radius 1 is 1.54 bits per heavy atom. The predicted octanol–water partition coefficient (Wildman–Crippen LogP) is 2.13. The minimum Gasteiger partial charge on any atom is -0.488 e. The number of fused-ring (bicyclic) bond motifs is 1. The Kier molecular flexibility index (Phi) is 2.56. The van der Waals surface area contributed by atoms with Crippen molar-refractivity contribution in [2.45, 2.75) is 18.9 Å². The second-order valence-electron chi connectivity index (χ2n) is 3.21. The molecule has 0 aromatic heterocycles. The molecule has 1 unspecified atom stereocenters. The summed E-state index contributed by atoms with van der Waals surface area (Å²) in [5.74, 6) is 0.911. The van der Waals surface area contributed by atoms with Gasteiger partial charge in [0.15, 0.2) is 0 Å². The number of benzene rings is 1. The Hall–Kier alpha value is -0.540. The number of halogens is 1. The van der Waals surface area contributed by atoms with Crippen LogP contribution in [0.3, 0.4) is 0 Å². The highest BCUT2D eigenvalue weighted by atomic mass is 79.9. The lowest BCUT2D eigenvalue weighted by atomic mass is 10.0. The normalized spacial score (nSPS) is 20.6. The van der Waals surface area contributed by atoms with Crippen molar-refractivity contribution in [3.63, 3.8) is 0 Å². The molecule has 0 spiro atoms. The fourth-order valence-corrected chi connectivity index (χ4v) is 1.95. The van der Waals surface area contributed by atoms with Crippen molar-refractivity contribution in [1.29, 1.82) is 0 Å². The molecule has 0 saturated heterocycles. The summed E-state index contributed by atoms with van der Waals surface area (Å²) in [6.07, 6.45) is 1.87. The van der Waals surface area contributed by atoms with Gasteiger partial charge in [-0.1, -0.05) is 15.9 Å². The molecule has 0 aliphatic carbocycles. The van der Waals surface area contributed by atoms with E-state index < -0.39 is 0 Å². The number of hydrogen-bond acceptors (Lipinski definition) is 2. The molecule has 2 nitrogen and oxygen atoms in total. The largest absolute Gasteiger partial charge is 0.488 e. The van der Waals surface area contributed by atoms with Crippen molar-refractivity contribution in [2.75, 3.05) is 6.61 Å². The fraction of sp³-hybridized carbons (Fsp3) is 0.400. The smallest absolute Gasteiger partial charge is 0.123 e. The van der Waals surface area contributed by atoms with E-state index in [1.54, 1.807) is 0 Å². The first kappa shape index (κ1) is 9.03. The molecule has 1 aliphatic rings. The van der Waals surface area contributed by atoms with Gasteiger partial charge in [-0.05, 0) is 36.6 Å². The monoisotopic (exact) mass is 242 g/mol. The highest BCUT2D eigenvalue weighted by Gasteiger charge is 2.18. The molecule has 0 amide bonds. The van der Waals surface area contributed by atoms with Gasteiger partial charge in [0.1, 0.15) is 11.9 Å². The van der Waals surface area contributed by atoms with Crippen LogP contribution in [-0.4, -0.2) is 17.8 Å². The molecule has 1 aliphatic heterocycles. The maximum atomic E-state index is 8.94. The number of aliphatic hydroxyl groups excluding tert-OH is 1. The second kappa shape index (κ2) is 3.68. The summed E-state index contributed by atoms with van der Waals surface area (Å²) in [6.45, 7) is 0.107. The highest BCUT2D eigenvalue weighted by Crippen LogP contribution is 2.29. The van der Waals surface area contributed by atoms with Gasteiger partial charge >= 0.3 is 0 Å². The van der Waals surface area contributed by atoms with Crippen molar-refractivity contribution in [1.82, 2.24) is 0 Å². The first-order valence-corrected chi connectivity index (χ1v) is 5.15. The van der Waals surface area contributed by atoms with Gasteiger partial charge in [-0.3, -0.25) is 0 Å².